The molecule has 0 amide bonds. The van der Waals surface area contributed by atoms with Crippen LogP contribution in [0.1, 0.15) is 5.82 Å². The molecule has 1 N–H and O–H groups in total. The third-order valence-corrected chi connectivity index (χ3v) is 5.52. The predicted octanol–water partition coefficient (Wildman–Crippen LogP) is 4.87. The molecule has 4 nitrogen and oxygen atoms in total. The quantitative estimate of drug-likeness (QED) is 0.564. The number of carboxylic acid groups (broad SMARTS) is 1. The lowest BCUT2D eigenvalue weighted by molar-refractivity contribution is -0.146. The summed E-state index contributed by atoms with van der Waals surface area (Å²) in [7, 11) is 0. The van der Waals surface area contributed by atoms with Gasteiger partial charge in [-0.05, 0) is 53.9 Å². The maximum absolute atomic E-state index is 12.8. The van der Waals surface area contributed by atoms with E-state index in [9.17, 15) is 18.0 Å². The number of carbonyl (C=O) groups is 1. The Morgan fingerprint density at radius 2 is 1.84 bits per heavy atom. The van der Waals surface area contributed by atoms with Gasteiger partial charge in [0, 0.05) is 8.95 Å². The van der Waals surface area contributed by atoms with Crippen LogP contribution in [0.15, 0.2) is 19.5 Å². The Morgan fingerprint density at radius 1 is 1.26 bits per heavy atom. The summed E-state index contributed by atoms with van der Waals surface area (Å²) >= 11 is 9.35. The van der Waals surface area contributed by atoms with Crippen LogP contribution in [0.3, 0.4) is 0 Å². The zero-order valence-corrected chi connectivity index (χ0v) is 13.4. The van der Waals surface area contributed by atoms with E-state index in [2.05, 4.69) is 52.8 Å². The predicted molar refractivity (Wildman–Crippen MR) is 71.3 cm³/mol. The lowest BCUT2D eigenvalue weighted by atomic mass is 10.3. The van der Waals surface area contributed by atoms with Crippen molar-refractivity contribution in [3.63, 3.8) is 0 Å². The number of halogens is 6. The summed E-state index contributed by atoms with van der Waals surface area (Å²) in [6.45, 7) is 0. The van der Waals surface area contributed by atoms with Crippen LogP contribution in [0.4, 0.5) is 18.0 Å². The Labute approximate surface area is 129 Å². The average molecular weight is 467 g/mol. The number of hydrogen-bond donors (Lipinski definition) is 1. The fraction of sp³-hybridized carbons (Fsp3) is 0.111. The first-order valence-corrected chi connectivity index (χ1v) is 6.89. The molecule has 0 radical (unpaired) electrons. The molecular weight excluding hydrogens is 465 g/mol. The van der Waals surface area contributed by atoms with E-state index in [4.69, 9.17) is 5.11 Å². The van der Waals surface area contributed by atoms with Gasteiger partial charge >= 0.3 is 12.3 Å². The smallest absolute Gasteiger partial charge is 0.450 e. The maximum atomic E-state index is 12.8. The minimum atomic E-state index is -4.87. The highest BCUT2D eigenvalue weighted by atomic mass is 79.9. The molecule has 0 aliphatic carbocycles. The Hall–Kier alpha value is -0.610. The molecule has 1 aromatic carbocycles. The van der Waals surface area contributed by atoms with Gasteiger partial charge in [-0.2, -0.15) is 13.2 Å². The van der Waals surface area contributed by atoms with Gasteiger partial charge in [-0.1, -0.05) is 0 Å². The van der Waals surface area contributed by atoms with E-state index in [1.54, 1.807) is 0 Å². The number of rotatable bonds is 0. The molecule has 0 spiro atoms. The second-order valence-electron chi connectivity index (χ2n) is 3.41. The van der Waals surface area contributed by atoms with Crippen LogP contribution in [0, 0.1) is 0 Å². The van der Waals surface area contributed by atoms with Crippen molar-refractivity contribution in [3.05, 3.63) is 25.3 Å². The molecular formula is C9H2Br3F3N2O2. The maximum Gasteiger partial charge on any atom is 0.450 e. The average Bonchev–Trinajstić information content (AvgIpc) is 2.65. The Morgan fingerprint density at radius 3 is 2.32 bits per heavy atom. The SMILES string of the molecule is O=C(O)n1c(C(F)(F)F)nc2c(Br)c(Br)c(Br)cc21. The highest BCUT2D eigenvalue weighted by molar-refractivity contribution is 9.14. The fourth-order valence-corrected chi connectivity index (χ4v) is 2.99. The standard InChI is InChI=1S/C9H2Br3F3N2O2/c10-2-1-3-6(5(12)4(2)11)16-7(9(13,14)15)17(3)8(18)19/h1H,(H,18,19). The number of fused-ring (bicyclic) bond motifs is 1. The highest BCUT2D eigenvalue weighted by Gasteiger charge is 2.40. The van der Waals surface area contributed by atoms with Crippen LogP contribution in [0.5, 0.6) is 0 Å². The number of aromatic nitrogens is 2. The van der Waals surface area contributed by atoms with E-state index >= 15 is 0 Å². The Balaban J connectivity index is 2.98. The monoisotopic (exact) mass is 464 g/mol. The lowest BCUT2D eigenvalue weighted by Gasteiger charge is -2.06. The van der Waals surface area contributed by atoms with Crippen molar-refractivity contribution >= 4 is 64.9 Å². The fourth-order valence-electron chi connectivity index (χ4n) is 1.50. The van der Waals surface area contributed by atoms with Crippen LogP contribution >= 0.6 is 47.8 Å². The largest absolute Gasteiger partial charge is 0.464 e. The van der Waals surface area contributed by atoms with Crippen molar-refractivity contribution in [2.75, 3.05) is 0 Å². The first-order valence-electron chi connectivity index (χ1n) is 4.51. The van der Waals surface area contributed by atoms with Gasteiger partial charge in [-0.25, -0.2) is 14.3 Å². The van der Waals surface area contributed by atoms with E-state index in [0.29, 0.717) is 8.95 Å². The van der Waals surface area contributed by atoms with Crippen LogP contribution in [0.25, 0.3) is 11.0 Å². The van der Waals surface area contributed by atoms with Gasteiger partial charge in [0.2, 0.25) is 5.82 Å². The van der Waals surface area contributed by atoms with E-state index in [1.165, 1.54) is 6.07 Å². The third kappa shape index (κ3) is 2.40. The van der Waals surface area contributed by atoms with Crippen molar-refractivity contribution in [3.8, 4) is 0 Å². The van der Waals surface area contributed by atoms with Gasteiger partial charge in [0.15, 0.2) is 0 Å². The number of nitrogens with zero attached hydrogens (tertiary/aromatic N) is 2. The Bertz CT molecular complexity index is 696. The molecule has 2 aromatic rings. The molecule has 1 aromatic heterocycles. The molecule has 0 saturated carbocycles. The van der Waals surface area contributed by atoms with E-state index in [-0.39, 0.29) is 20.1 Å². The second-order valence-corrected chi connectivity index (χ2v) is 5.85. The topological polar surface area (TPSA) is 55.1 Å². The van der Waals surface area contributed by atoms with Crippen LogP contribution in [0.2, 0.25) is 0 Å². The minimum absolute atomic E-state index is 0.0928. The zero-order valence-electron chi connectivity index (χ0n) is 8.60. The van der Waals surface area contributed by atoms with Gasteiger partial charge in [0.1, 0.15) is 5.52 Å². The van der Waals surface area contributed by atoms with Gasteiger partial charge in [0.05, 0.1) is 9.99 Å². The summed E-state index contributed by atoms with van der Waals surface area (Å²) in [5, 5.41) is 8.95. The van der Waals surface area contributed by atoms with Crippen molar-refractivity contribution in [1.82, 2.24) is 9.55 Å². The molecule has 2 rings (SSSR count). The van der Waals surface area contributed by atoms with Gasteiger partial charge in [0.25, 0.3) is 0 Å². The molecule has 19 heavy (non-hydrogen) atoms. The summed E-state index contributed by atoms with van der Waals surface area (Å²) in [6.07, 6.45) is -6.62. The van der Waals surface area contributed by atoms with Gasteiger partial charge in [-0.15, -0.1) is 0 Å². The molecule has 0 saturated heterocycles. The van der Waals surface area contributed by atoms with Gasteiger partial charge < -0.3 is 5.11 Å². The van der Waals surface area contributed by atoms with E-state index < -0.39 is 18.1 Å². The van der Waals surface area contributed by atoms with Crippen molar-refractivity contribution < 1.29 is 23.1 Å². The first kappa shape index (κ1) is 14.8. The minimum Gasteiger partial charge on any atom is -0.464 e. The van der Waals surface area contributed by atoms with Crippen molar-refractivity contribution in [1.29, 1.82) is 0 Å². The van der Waals surface area contributed by atoms with E-state index in [1.807, 2.05) is 0 Å². The Kier molecular flexibility index (Phi) is 3.69. The summed E-state index contributed by atoms with van der Waals surface area (Å²) in [5.74, 6) is -1.49. The second kappa shape index (κ2) is 4.74. The summed E-state index contributed by atoms with van der Waals surface area (Å²) in [6, 6.07) is 1.25. The van der Waals surface area contributed by atoms with Crippen molar-refractivity contribution in [2.24, 2.45) is 0 Å². The highest BCUT2D eigenvalue weighted by Crippen LogP contribution is 2.40. The summed E-state index contributed by atoms with van der Waals surface area (Å²) in [4.78, 5) is 14.4. The first-order chi connectivity index (χ1) is 8.64. The lowest BCUT2D eigenvalue weighted by Crippen LogP contribution is -2.19. The number of benzene rings is 1. The van der Waals surface area contributed by atoms with Crippen molar-refractivity contribution in [2.45, 2.75) is 6.18 Å². The van der Waals surface area contributed by atoms with Crippen LogP contribution in [-0.2, 0) is 6.18 Å². The molecule has 0 atom stereocenters. The van der Waals surface area contributed by atoms with Gasteiger partial charge in [-0.3, -0.25) is 0 Å². The molecule has 0 fully saturated rings. The molecule has 0 bridgehead atoms. The number of hydrogen-bond acceptors (Lipinski definition) is 2. The molecule has 10 heteroatoms. The third-order valence-electron chi connectivity index (χ3n) is 2.23. The normalized spacial score (nSPS) is 12.1. The summed E-state index contributed by atoms with van der Waals surface area (Å²) < 4.78 is 39.6. The zero-order chi connectivity index (χ0) is 14.5. The van der Waals surface area contributed by atoms with Crippen LogP contribution in [-0.4, -0.2) is 20.8 Å². The molecule has 0 unspecified atom stereocenters. The summed E-state index contributed by atoms with van der Waals surface area (Å²) in [5.41, 5.74) is -0.258. The number of alkyl halides is 3. The molecule has 1 heterocycles. The molecule has 102 valence electrons. The number of imidazole rings is 1. The molecule has 0 aliphatic rings. The molecule has 0 aliphatic heterocycles. The van der Waals surface area contributed by atoms with Crippen LogP contribution < -0.4 is 0 Å². The van der Waals surface area contributed by atoms with E-state index in [0.717, 1.165) is 0 Å².